The number of ether oxygens (including phenoxy) is 1. The van der Waals surface area contributed by atoms with Crippen LogP contribution in [0.4, 0.5) is 5.82 Å². The molecule has 0 aromatic carbocycles. The Labute approximate surface area is 150 Å². The molecular formula is C18H19N5O3. The molecule has 1 amide bonds. The highest BCUT2D eigenvalue weighted by Gasteiger charge is 2.45. The van der Waals surface area contributed by atoms with Crippen LogP contribution in [0.1, 0.15) is 35.5 Å². The van der Waals surface area contributed by atoms with Crippen LogP contribution in [0.5, 0.6) is 0 Å². The van der Waals surface area contributed by atoms with Gasteiger partial charge in [-0.2, -0.15) is 5.26 Å². The summed E-state index contributed by atoms with van der Waals surface area (Å²) in [5.74, 6) is 0.775. The molecule has 4 rings (SSSR count). The zero-order valence-corrected chi connectivity index (χ0v) is 14.2. The average molecular weight is 353 g/mol. The van der Waals surface area contributed by atoms with Gasteiger partial charge in [0.1, 0.15) is 17.6 Å². The van der Waals surface area contributed by atoms with E-state index in [0.29, 0.717) is 31.2 Å². The van der Waals surface area contributed by atoms with Crippen LogP contribution in [-0.4, -0.2) is 52.3 Å². The fraction of sp³-hybridized carbons (Fsp3) is 0.444. The Balaban J connectivity index is 1.41. The summed E-state index contributed by atoms with van der Waals surface area (Å²) in [4.78, 5) is 18.6. The van der Waals surface area contributed by atoms with Crippen molar-refractivity contribution >= 4 is 11.7 Å². The van der Waals surface area contributed by atoms with Crippen molar-refractivity contribution in [3.8, 4) is 6.07 Å². The van der Waals surface area contributed by atoms with Crippen LogP contribution < -0.4 is 5.32 Å². The molecule has 1 N–H and O–H groups in total. The maximum absolute atomic E-state index is 12.5. The number of likely N-dealkylation sites (tertiary alicyclic amines) is 1. The maximum Gasteiger partial charge on any atom is 0.292 e. The number of nitrogens with zero attached hydrogens (tertiary/aromatic N) is 4. The Kier molecular flexibility index (Phi) is 4.31. The predicted octanol–water partition coefficient (Wildman–Crippen LogP) is 1.82. The number of piperidine rings is 1. The highest BCUT2D eigenvalue weighted by atomic mass is 16.5. The molecule has 2 aliphatic rings. The van der Waals surface area contributed by atoms with Gasteiger partial charge in [-0.05, 0) is 25.0 Å². The molecule has 26 heavy (non-hydrogen) atoms. The van der Waals surface area contributed by atoms with Crippen LogP contribution in [0.3, 0.4) is 0 Å². The smallest absolute Gasteiger partial charge is 0.292 e. The highest BCUT2D eigenvalue weighted by molar-refractivity contribution is 5.91. The number of hydrogen-bond donors (Lipinski definition) is 1. The van der Waals surface area contributed by atoms with Gasteiger partial charge in [0.25, 0.3) is 5.91 Å². The summed E-state index contributed by atoms with van der Waals surface area (Å²) in [5, 5.41) is 15.9. The number of hydrogen-bond acceptors (Lipinski definition) is 7. The van der Waals surface area contributed by atoms with Gasteiger partial charge in [0.15, 0.2) is 0 Å². The van der Waals surface area contributed by atoms with Crippen molar-refractivity contribution in [3.05, 3.63) is 41.9 Å². The average Bonchev–Trinajstić information content (AvgIpc) is 3.32. The predicted molar refractivity (Wildman–Crippen MR) is 91.3 cm³/mol. The van der Waals surface area contributed by atoms with Gasteiger partial charge < -0.3 is 19.5 Å². The third kappa shape index (κ3) is 3.26. The van der Waals surface area contributed by atoms with Crippen LogP contribution >= 0.6 is 0 Å². The van der Waals surface area contributed by atoms with Crippen LogP contribution in [0, 0.1) is 11.3 Å². The van der Waals surface area contributed by atoms with Crippen LogP contribution in [-0.2, 0) is 4.74 Å². The molecule has 2 aliphatic heterocycles. The number of anilines is 1. The van der Waals surface area contributed by atoms with E-state index in [0.717, 1.165) is 19.3 Å². The normalized spacial score (nSPS) is 25.2. The van der Waals surface area contributed by atoms with Crippen molar-refractivity contribution < 1.29 is 14.1 Å². The minimum atomic E-state index is -0.349. The minimum Gasteiger partial charge on any atom is -0.371 e. The number of nitrogens with one attached hydrogen (secondary N) is 1. The minimum absolute atomic E-state index is 0.0942. The van der Waals surface area contributed by atoms with Crippen LogP contribution in [0.15, 0.2) is 35.0 Å². The summed E-state index contributed by atoms with van der Waals surface area (Å²) >= 11 is 0. The standard InChI is InChI=1S/C18H19N5O3/c19-10-13-3-1-4-16(21-13)22-14-9-18(25-11-14)6-2-8-23(12-18)17(24)15-5-7-20-26-15/h1,3-5,7,14H,2,6,8-9,11-12H2,(H,21,22). The lowest BCUT2D eigenvalue weighted by Gasteiger charge is -2.39. The summed E-state index contributed by atoms with van der Waals surface area (Å²) in [6.45, 7) is 1.77. The number of aromatic nitrogens is 2. The SMILES string of the molecule is N#Cc1cccc(NC2COC3(CCCN(C(=O)c4ccno4)C3)C2)n1. The quantitative estimate of drug-likeness (QED) is 0.897. The van der Waals surface area contributed by atoms with Crippen molar-refractivity contribution in [2.75, 3.05) is 25.0 Å². The van der Waals surface area contributed by atoms with Crippen molar-refractivity contribution in [1.82, 2.24) is 15.0 Å². The molecule has 4 heterocycles. The molecule has 8 heteroatoms. The Morgan fingerprint density at radius 3 is 3.15 bits per heavy atom. The number of carbonyl (C=O) groups is 1. The number of amides is 1. The number of nitriles is 1. The second-order valence-electron chi connectivity index (χ2n) is 6.77. The third-order valence-electron chi connectivity index (χ3n) is 4.90. The van der Waals surface area contributed by atoms with E-state index in [9.17, 15) is 4.79 Å². The van der Waals surface area contributed by atoms with E-state index < -0.39 is 0 Å². The number of pyridine rings is 1. The second-order valence-corrected chi connectivity index (χ2v) is 6.77. The molecule has 0 radical (unpaired) electrons. The zero-order chi connectivity index (χ0) is 18.0. The first kappa shape index (κ1) is 16.5. The van der Waals surface area contributed by atoms with Gasteiger partial charge in [-0.25, -0.2) is 4.98 Å². The Morgan fingerprint density at radius 1 is 1.42 bits per heavy atom. The molecule has 0 bridgehead atoms. The van der Waals surface area contributed by atoms with Gasteiger partial charge in [0.05, 0.1) is 31.0 Å². The lowest BCUT2D eigenvalue weighted by Crippen LogP contribution is -2.50. The van der Waals surface area contributed by atoms with E-state index in [1.165, 1.54) is 6.20 Å². The van der Waals surface area contributed by atoms with Gasteiger partial charge in [-0.3, -0.25) is 4.79 Å². The first-order valence-corrected chi connectivity index (χ1v) is 8.65. The highest BCUT2D eigenvalue weighted by Crippen LogP contribution is 2.36. The molecule has 134 valence electrons. The van der Waals surface area contributed by atoms with E-state index >= 15 is 0 Å². The van der Waals surface area contributed by atoms with Crippen LogP contribution in [0.25, 0.3) is 0 Å². The molecule has 2 aromatic rings. The first-order chi connectivity index (χ1) is 12.7. The third-order valence-corrected chi connectivity index (χ3v) is 4.90. The molecular weight excluding hydrogens is 334 g/mol. The molecule has 2 fully saturated rings. The molecule has 2 aromatic heterocycles. The van der Waals surface area contributed by atoms with Gasteiger partial charge >= 0.3 is 0 Å². The topological polar surface area (TPSA) is 104 Å². The zero-order valence-electron chi connectivity index (χ0n) is 14.2. The molecule has 2 saturated heterocycles. The van der Waals surface area contributed by atoms with Crippen molar-refractivity contribution in [2.24, 2.45) is 0 Å². The van der Waals surface area contributed by atoms with Crippen molar-refractivity contribution in [3.63, 3.8) is 0 Å². The Hall–Kier alpha value is -2.92. The second kappa shape index (κ2) is 6.77. The molecule has 0 aliphatic carbocycles. The molecule has 0 saturated carbocycles. The lowest BCUT2D eigenvalue weighted by molar-refractivity contribution is -0.0454. The monoisotopic (exact) mass is 353 g/mol. The van der Waals surface area contributed by atoms with E-state index in [1.54, 1.807) is 23.1 Å². The summed E-state index contributed by atoms with van der Waals surface area (Å²) in [6.07, 6.45) is 4.05. The summed E-state index contributed by atoms with van der Waals surface area (Å²) in [5.41, 5.74) is 0.0310. The van der Waals surface area contributed by atoms with E-state index in [-0.39, 0.29) is 23.3 Å². The molecule has 1 spiro atoms. The largest absolute Gasteiger partial charge is 0.371 e. The summed E-state index contributed by atoms with van der Waals surface area (Å²) in [7, 11) is 0. The van der Waals surface area contributed by atoms with E-state index in [4.69, 9.17) is 14.5 Å². The van der Waals surface area contributed by atoms with E-state index in [1.807, 2.05) is 12.1 Å². The van der Waals surface area contributed by atoms with Gasteiger partial charge in [-0.15, -0.1) is 0 Å². The Morgan fingerprint density at radius 2 is 2.35 bits per heavy atom. The fourth-order valence-electron chi connectivity index (χ4n) is 3.76. The molecule has 2 atom stereocenters. The molecule has 2 unspecified atom stereocenters. The van der Waals surface area contributed by atoms with Gasteiger partial charge in [0, 0.05) is 19.0 Å². The van der Waals surface area contributed by atoms with Gasteiger partial charge in [0.2, 0.25) is 5.76 Å². The van der Waals surface area contributed by atoms with Crippen molar-refractivity contribution in [2.45, 2.75) is 30.9 Å². The number of carbonyl (C=O) groups excluding carboxylic acids is 1. The summed E-state index contributed by atoms with van der Waals surface area (Å²) < 4.78 is 11.1. The fourth-order valence-corrected chi connectivity index (χ4v) is 3.76. The number of rotatable bonds is 3. The van der Waals surface area contributed by atoms with E-state index in [2.05, 4.69) is 15.5 Å². The maximum atomic E-state index is 12.5. The lowest BCUT2D eigenvalue weighted by atomic mass is 9.88. The Bertz CT molecular complexity index is 832. The van der Waals surface area contributed by atoms with Crippen molar-refractivity contribution in [1.29, 1.82) is 5.26 Å². The molecule has 8 nitrogen and oxygen atoms in total. The first-order valence-electron chi connectivity index (χ1n) is 8.65. The van der Waals surface area contributed by atoms with Crippen LogP contribution in [0.2, 0.25) is 0 Å². The van der Waals surface area contributed by atoms with Gasteiger partial charge in [-0.1, -0.05) is 11.2 Å². The summed E-state index contributed by atoms with van der Waals surface area (Å²) in [6, 6.07) is 9.03.